The van der Waals surface area contributed by atoms with Gasteiger partial charge >= 0.3 is 0 Å². The molecule has 3 aliphatic rings. The molecule has 0 aromatic carbocycles. The van der Waals surface area contributed by atoms with Crippen molar-refractivity contribution in [3.05, 3.63) is 0 Å². The highest BCUT2D eigenvalue weighted by atomic mass is 16.3. The molecule has 0 spiro atoms. The number of aliphatic hydroxyl groups excluding tert-OH is 1. The number of carbonyl (C=O) groups excluding carboxylic acids is 1. The first kappa shape index (κ1) is 13.4. The normalized spacial score (nSPS) is 45.4. The zero-order chi connectivity index (χ0) is 13.5. The average molecular weight is 265 g/mol. The van der Waals surface area contributed by atoms with Crippen LogP contribution in [0.2, 0.25) is 0 Å². The lowest BCUT2D eigenvalue weighted by Gasteiger charge is -2.40. The third-order valence-electron chi connectivity index (χ3n) is 5.86. The Morgan fingerprint density at radius 1 is 1.32 bits per heavy atom. The van der Waals surface area contributed by atoms with Gasteiger partial charge in [-0.15, -0.1) is 0 Å². The Kier molecular flexibility index (Phi) is 3.59. The number of hydrogen-bond donors (Lipinski definition) is 2. The third kappa shape index (κ3) is 2.54. The molecule has 0 saturated heterocycles. The van der Waals surface area contributed by atoms with Crippen LogP contribution >= 0.6 is 0 Å². The van der Waals surface area contributed by atoms with Gasteiger partial charge in [-0.2, -0.15) is 0 Å². The van der Waals surface area contributed by atoms with E-state index in [-0.39, 0.29) is 24.0 Å². The van der Waals surface area contributed by atoms with E-state index in [9.17, 15) is 9.90 Å². The molecule has 2 N–H and O–H groups in total. The lowest BCUT2D eigenvalue weighted by molar-refractivity contribution is -0.130. The summed E-state index contributed by atoms with van der Waals surface area (Å²) in [5.41, 5.74) is -0.323. The summed E-state index contributed by atoms with van der Waals surface area (Å²) < 4.78 is 0. The van der Waals surface area contributed by atoms with Gasteiger partial charge in [0.2, 0.25) is 5.91 Å². The quantitative estimate of drug-likeness (QED) is 0.823. The Morgan fingerprint density at radius 2 is 2.16 bits per heavy atom. The number of hydrogen-bond acceptors (Lipinski definition) is 2. The molecular weight excluding hydrogens is 238 g/mol. The van der Waals surface area contributed by atoms with Gasteiger partial charge in [-0.1, -0.05) is 26.2 Å². The van der Waals surface area contributed by atoms with Gasteiger partial charge in [-0.3, -0.25) is 4.79 Å². The molecule has 19 heavy (non-hydrogen) atoms. The number of fused-ring (bicyclic) bond motifs is 2. The van der Waals surface area contributed by atoms with Crippen molar-refractivity contribution >= 4 is 5.91 Å². The molecule has 5 atom stereocenters. The molecule has 0 aromatic heterocycles. The van der Waals surface area contributed by atoms with Crippen LogP contribution in [-0.4, -0.2) is 23.2 Å². The Bertz CT molecular complexity index is 357. The molecule has 0 aromatic rings. The van der Waals surface area contributed by atoms with Gasteiger partial charge < -0.3 is 10.4 Å². The fourth-order valence-electron chi connectivity index (χ4n) is 4.88. The minimum atomic E-state index is -0.323. The smallest absolute Gasteiger partial charge is 0.223 e. The van der Waals surface area contributed by atoms with Gasteiger partial charge in [0.25, 0.3) is 0 Å². The minimum Gasteiger partial charge on any atom is -0.394 e. The van der Waals surface area contributed by atoms with Gasteiger partial charge in [-0.25, -0.2) is 0 Å². The SMILES string of the molecule is CC1CCCC(CO)(NC(=O)C2CC3CCC2C3)C1. The summed E-state index contributed by atoms with van der Waals surface area (Å²) in [4.78, 5) is 12.6. The number of nitrogens with one attached hydrogen (secondary N) is 1. The topological polar surface area (TPSA) is 49.3 Å². The van der Waals surface area contributed by atoms with E-state index < -0.39 is 0 Å². The molecule has 108 valence electrons. The van der Waals surface area contributed by atoms with Crippen molar-refractivity contribution in [2.45, 2.75) is 63.8 Å². The van der Waals surface area contributed by atoms with Crippen LogP contribution in [0.15, 0.2) is 0 Å². The van der Waals surface area contributed by atoms with Gasteiger partial charge in [0.1, 0.15) is 0 Å². The Morgan fingerprint density at radius 3 is 2.74 bits per heavy atom. The highest BCUT2D eigenvalue weighted by Crippen LogP contribution is 2.48. The van der Waals surface area contributed by atoms with Crippen molar-refractivity contribution in [1.29, 1.82) is 0 Å². The van der Waals surface area contributed by atoms with Crippen LogP contribution in [0.3, 0.4) is 0 Å². The number of aliphatic hydroxyl groups is 1. The molecule has 3 aliphatic carbocycles. The van der Waals surface area contributed by atoms with E-state index in [1.165, 1.54) is 25.7 Å². The van der Waals surface area contributed by atoms with E-state index in [4.69, 9.17) is 0 Å². The lowest BCUT2D eigenvalue weighted by Crippen LogP contribution is -2.55. The molecule has 0 aliphatic heterocycles. The van der Waals surface area contributed by atoms with E-state index in [0.717, 1.165) is 31.6 Å². The molecule has 5 unspecified atom stereocenters. The predicted octanol–water partition coefficient (Wildman–Crippen LogP) is 2.48. The molecule has 3 heteroatoms. The van der Waals surface area contributed by atoms with Gasteiger partial charge in [0.15, 0.2) is 0 Å². The summed E-state index contributed by atoms with van der Waals surface area (Å²) in [5, 5.41) is 13.0. The van der Waals surface area contributed by atoms with E-state index >= 15 is 0 Å². The van der Waals surface area contributed by atoms with Gasteiger partial charge in [0, 0.05) is 5.92 Å². The average Bonchev–Trinajstić information content (AvgIpc) is 3.01. The van der Waals surface area contributed by atoms with Crippen LogP contribution in [0.4, 0.5) is 0 Å². The van der Waals surface area contributed by atoms with Crippen molar-refractivity contribution in [3.63, 3.8) is 0 Å². The molecule has 0 radical (unpaired) electrons. The molecule has 3 fully saturated rings. The highest BCUT2D eigenvalue weighted by molar-refractivity contribution is 5.80. The fourth-order valence-corrected chi connectivity index (χ4v) is 4.88. The maximum Gasteiger partial charge on any atom is 0.223 e. The monoisotopic (exact) mass is 265 g/mol. The second-order valence-electron chi connectivity index (χ2n) is 7.41. The van der Waals surface area contributed by atoms with Crippen molar-refractivity contribution in [2.75, 3.05) is 6.61 Å². The van der Waals surface area contributed by atoms with E-state index in [1.54, 1.807) is 0 Å². The maximum absolute atomic E-state index is 12.6. The van der Waals surface area contributed by atoms with E-state index in [1.807, 2.05) is 0 Å². The van der Waals surface area contributed by atoms with Crippen molar-refractivity contribution in [3.8, 4) is 0 Å². The standard InChI is InChI=1S/C16H27NO2/c1-11-3-2-6-16(9-11,10-18)17-15(19)14-8-12-4-5-13(14)7-12/h11-14,18H,2-10H2,1H3,(H,17,19). The summed E-state index contributed by atoms with van der Waals surface area (Å²) in [6.45, 7) is 2.33. The highest BCUT2D eigenvalue weighted by Gasteiger charge is 2.45. The number of rotatable bonds is 3. The second kappa shape index (κ2) is 5.08. The first-order chi connectivity index (χ1) is 9.12. The Labute approximate surface area is 116 Å². The second-order valence-corrected chi connectivity index (χ2v) is 7.41. The zero-order valence-corrected chi connectivity index (χ0v) is 12.0. The fraction of sp³-hybridized carbons (Fsp3) is 0.938. The van der Waals surface area contributed by atoms with Crippen LogP contribution in [0, 0.1) is 23.7 Å². The van der Waals surface area contributed by atoms with E-state index in [2.05, 4.69) is 12.2 Å². The largest absolute Gasteiger partial charge is 0.394 e. The molecule has 0 heterocycles. The maximum atomic E-state index is 12.6. The Hall–Kier alpha value is -0.570. The molecule has 2 bridgehead atoms. The van der Waals surface area contributed by atoms with Crippen molar-refractivity contribution < 1.29 is 9.90 Å². The van der Waals surface area contributed by atoms with Crippen LogP contribution in [0.5, 0.6) is 0 Å². The number of carbonyl (C=O) groups is 1. The van der Waals surface area contributed by atoms with E-state index in [0.29, 0.717) is 11.8 Å². The molecule has 3 nitrogen and oxygen atoms in total. The van der Waals surface area contributed by atoms with Crippen LogP contribution in [0.1, 0.15) is 58.3 Å². The van der Waals surface area contributed by atoms with Crippen LogP contribution in [-0.2, 0) is 4.79 Å². The molecular formula is C16H27NO2. The summed E-state index contributed by atoms with van der Waals surface area (Å²) in [6, 6.07) is 0. The summed E-state index contributed by atoms with van der Waals surface area (Å²) >= 11 is 0. The van der Waals surface area contributed by atoms with Gasteiger partial charge in [-0.05, 0) is 49.9 Å². The Balaban J connectivity index is 1.64. The van der Waals surface area contributed by atoms with Crippen LogP contribution < -0.4 is 5.32 Å². The summed E-state index contributed by atoms with van der Waals surface area (Å²) in [7, 11) is 0. The molecule has 1 amide bonds. The first-order valence-electron chi connectivity index (χ1n) is 8.05. The third-order valence-corrected chi connectivity index (χ3v) is 5.86. The lowest BCUT2D eigenvalue weighted by atomic mass is 9.76. The van der Waals surface area contributed by atoms with Gasteiger partial charge in [0.05, 0.1) is 12.1 Å². The summed E-state index contributed by atoms with van der Waals surface area (Å²) in [6.07, 6.45) is 9.16. The van der Waals surface area contributed by atoms with Crippen LogP contribution in [0.25, 0.3) is 0 Å². The molecule has 3 rings (SSSR count). The molecule has 3 saturated carbocycles. The van der Waals surface area contributed by atoms with Crippen molar-refractivity contribution in [2.24, 2.45) is 23.7 Å². The summed E-state index contributed by atoms with van der Waals surface area (Å²) in [5.74, 6) is 2.51. The van der Waals surface area contributed by atoms with Crippen molar-refractivity contribution in [1.82, 2.24) is 5.32 Å². The zero-order valence-electron chi connectivity index (χ0n) is 12.0. The minimum absolute atomic E-state index is 0.101. The predicted molar refractivity (Wildman–Crippen MR) is 74.5 cm³/mol. The number of amides is 1. The first-order valence-corrected chi connectivity index (χ1v) is 8.05.